The fourth-order valence-corrected chi connectivity index (χ4v) is 2.83. The van der Waals surface area contributed by atoms with Gasteiger partial charge in [-0.05, 0) is 29.8 Å². The Hall–Kier alpha value is -3.40. The van der Waals surface area contributed by atoms with Crippen LogP contribution >= 0.6 is 0 Å². The Balaban J connectivity index is 1.82. The molecule has 0 amide bonds. The van der Waals surface area contributed by atoms with E-state index in [9.17, 15) is 10.1 Å². The van der Waals surface area contributed by atoms with Crippen LogP contribution in [0.2, 0.25) is 0 Å². The third-order valence-electron chi connectivity index (χ3n) is 4.00. The molecule has 0 fully saturated rings. The molecule has 0 bridgehead atoms. The second kappa shape index (κ2) is 5.66. The number of benzene rings is 3. The minimum atomic E-state index is -0.358. The monoisotopic (exact) mass is 315 g/mol. The second-order valence-corrected chi connectivity index (χ2v) is 5.50. The maximum absolute atomic E-state index is 11.3. The third-order valence-corrected chi connectivity index (χ3v) is 4.00. The van der Waals surface area contributed by atoms with E-state index < -0.39 is 0 Å². The van der Waals surface area contributed by atoms with Gasteiger partial charge in [0, 0.05) is 17.2 Å². The summed E-state index contributed by atoms with van der Waals surface area (Å²) in [7, 11) is 0. The van der Waals surface area contributed by atoms with Crippen molar-refractivity contribution in [3.05, 3.63) is 88.0 Å². The lowest BCUT2D eigenvalue weighted by atomic mass is 10.0. The average Bonchev–Trinajstić information content (AvgIpc) is 2.80. The standard InChI is InChI=1S/C20H13NO3/c22-21(23)18-7-3-2-6-17(18)15-11-12-20-16(13-15)10-9-14-5-1-4-8-19(14)24-20/h1-13H. The Kier molecular flexibility index (Phi) is 3.35. The molecule has 116 valence electrons. The van der Waals surface area contributed by atoms with Crippen molar-refractivity contribution >= 4 is 17.8 Å². The lowest BCUT2D eigenvalue weighted by Crippen LogP contribution is -1.92. The van der Waals surface area contributed by atoms with E-state index in [4.69, 9.17) is 4.74 Å². The number of rotatable bonds is 2. The summed E-state index contributed by atoms with van der Waals surface area (Å²) in [4.78, 5) is 10.9. The topological polar surface area (TPSA) is 52.4 Å². The van der Waals surface area contributed by atoms with Crippen LogP contribution in [0, 0.1) is 10.1 Å². The molecule has 0 atom stereocenters. The van der Waals surface area contributed by atoms with Crippen molar-refractivity contribution < 1.29 is 9.66 Å². The quantitative estimate of drug-likeness (QED) is 0.360. The summed E-state index contributed by atoms with van der Waals surface area (Å²) >= 11 is 0. The fourth-order valence-electron chi connectivity index (χ4n) is 2.83. The Labute approximate surface area is 138 Å². The molecule has 4 nitrogen and oxygen atoms in total. The molecule has 0 saturated carbocycles. The molecule has 1 aliphatic rings. The molecule has 1 heterocycles. The lowest BCUT2D eigenvalue weighted by Gasteiger charge is -2.10. The van der Waals surface area contributed by atoms with E-state index in [1.54, 1.807) is 18.2 Å². The maximum Gasteiger partial charge on any atom is 0.277 e. The molecule has 0 radical (unpaired) electrons. The first kappa shape index (κ1) is 14.2. The highest BCUT2D eigenvalue weighted by Gasteiger charge is 2.16. The molecular weight excluding hydrogens is 302 g/mol. The van der Waals surface area contributed by atoms with E-state index in [-0.39, 0.29) is 10.6 Å². The molecule has 0 spiro atoms. The highest BCUT2D eigenvalue weighted by atomic mass is 16.6. The van der Waals surface area contributed by atoms with Gasteiger partial charge in [0.15, 0.2) is 0 Å². The van der Waals surface area contributed by atoms with Gasteiger partial charge in [0.1, 0.15) is 11.5 Å². The van der Waals surface area contributed by atoms with Gasteiger partial charge in [-0.1, -0.05) is 48.6 Å². The van der Waals surface area contributed by atoms with Crippen LogP contribution in [0.4, 0.5) is 5.69 Å². The van der Waals surface area contributed by atoms with Crippen LogP contribution in [-0.2, 0) is 0 Å². The van der Waals surface area contributed by atoms with Gasteiger partial charge >= 0.3 is 0 Å². The summed E-state index contributed by atoms with van der Waals surface area (Å²) in [6, 6.07) is 20.2. The highest BCUT2D eigenvalue weighted by Crippen LogP contribution is 2.37. The average molecular weight is 315 g/mol. The largest absolute Gasteiger partial charge is 0.456 e. The number of ether oxygens (including phenoxy) is 1. The Morgan fingerprint density at radius 1 is 0.792 bits per heavy atom. The molecule has 0 N–H and O–H groups in total. The van der Waals surface area contributed by atoms with Crippen molar-refractivity contribution in [1.82, 2.24) is 0 Å². The van der Waals surface area contributed by atoms with Gasteiger partial charge in [0.25, 0.3) is 5.69 Å². The van der Waals surface area contributed by atoms with E-state index in [1.807, 2.05) is 54.6 Å². The fraction of sp³-hybridized carbons (Fsp3) is 0. The van der Waals surface area contributed by atoms with E-state index in [0.717, 1.165) is 28.2 Å². The minimum absolute atomic E-state index is 0.0965. The van der Waals surface area contributed by atoms with Crippen LogP contribution in [0.5, 0.6) is 11.5 Å². The normalized spacial score (nSPS) is 11.8. The molecular formula is C20H13NO3. The number of nitro benzene ring substituents is 1. The predicted molar refractivity (Wildman–Crippen MR) is 94.0 cm³/mol. The zero-order chi connectivity index (χ0) is 16.5. The summed E-state index contributed by atoms with van der Waals surface area (Å²) in [5.41, 5.74) is 3.38. The first-order valence-electron chi connectivity index (χ1n) is 7.55. The maximum atomic E-state index is 11.3. The summed E-state index contributed by atoms with van der Waals surface area (Å²) in [5, 5.41) is 11.3. The highest BCUT2D eigenvalue weighted by molar-refractivity contribution is 5.82. The van der Waals surface area contributed by atoms with Crippen molar-refractivity contribution in [1.29, 1.82) is 0 Å². The summed E-state index contributed by atoms with van der Waals surface area (Å²) in [6.07, 6.45) is 3.96. The van der Waals surface area contributed by atoms with Crippen molar-refractivity contribution in [2.75, 3.05) is 0 Å². The number of fused-ring (bicyclic) bond motifs is 2. The van der Waals surface area contributed by atoms with E-state index in [1.165, 1.54) is 6.07 Å². The zero-order valence-electron chi connectivity index (χ0n) is 12.7. The van der Waals surface area contributed by atoms with Gasteiger partial charge < -0.3 is 4.74 Å². The van der Waals surface area contributed by atoms with Crippen molar-refractivity contribution in [2.24, 2.45) is 0 Å². The van der Waals surface area contributed by atoms with Crippen LogP contribution in [0.15, 0.2) is 66.7 Å². The van der Waals surface area contributed by atoms with Gasteiger partial charge in [-0.3, -0.25) is 10.1 Å². The van der Waals surface area contributed by atoms with Gasteiger partial charge in [-0.2, -0.15) is 0 Å². The van der Waals surface area contributed by atoms with Gasteiger partial charge in [-0.15, -0.1) is 0 Å². The molecule has 1 aliphatic heterocycles. The Bertz CT molecular complexity index is 976. The molecule has 24 heavy (non-hydrogen) atoms. The summed E-state index contributed by atoms with van der Waals surface area (Å²) in [6.45, 7) is 0. The number of hydrogen-bond acceptors (Lipinski definition) is 3. The first-order valence-corrected chi connectivity index (χ1v) is 7.55. The van der Waals surface area contributed by atoms with Crippen molar-refractivity contribution in [2.45, 2.75) is 0 Å². The number of nitrogens with zero attached hydrogens (tertiary/aromatic N) is 1. The van der Waals surface area contributed by atoms with Gasteiger partial charge in [0.2, 0.25) is 0 Å². The predicted octanol–water partition coefficient (Wildman–Crippen LogP) is 5.54. The number of nitro groups is 1. The van der Waals surface area contributed by atoms with Crippen LogP contribution in [0.3, 0.4) is 0 Å². The molecule has 0 unspecified atom stereocenters. The van der Waals surface area contributed by atoms with E-state index in [2.05, 4.69) is 0 Å². The second-order valence-electron chi connectivity index (χ2n) is 5.50. The van der Waals surface area contributed by atoms with Crippen LogP contribution in [-0.4, -0.2) is 4.92 Å². The molecule has 3 aromatic rings. The summed E-state index contributed by atoms with van der Waals surface area (Å²) < 4.78 is 5.97. The summed E-state index contributed by atoms with van der Waals surface area (Å²) in [5.74, 6) is 1.53. The molecule has 0 aliphatic carbocycles. The molecule has 0 aromatic heterocycles. The Morgan fingerprint density at radius 3 is 2.38 bits per heavy atom. The zero-order valence-corrected chi connectivity index (χ0v) is 12.7. The third kappa shape index (κ3) is 2.44. The molecule has 3 aromatic carbocycles. The molecule has 0 saturated heterocycles. The van der Waals surface area contributed by atoms with Crippen LogP contribution < -0.4 is 4.74 Å². The first-order chi connectivity index (χ1) is 11.7. The molecule has 4 rings (SSSR count). The van der Waals surface area contributed by atoms with Gasteiger partial charge in [0.05, 0.1) is 10.5 Å². The molecule has 4 heteroatoms. The Morgan fingerprint density at radius 2 is 1.50 bits per heavy atom. The van der Waals surface area contributed by atoms with Crippen LogP contribution in [0.25, 0.3) is 23.3 Å². The van der Waals surface area contributed by atoms with E-state index >= 15 is 0 Å². The van der Waals surface area contributed by atoms with E-state index in [0.29, 0.717) is 5.56 Å². The van der Waals surface area contributed by atoms with Crippen molar-refractivity contribution in [3.63, 3.8) is 0 Å². The lowest BCUT2D eigenvalue weighted by molar-refractivity contribution is -0.384. The minimum Gasteiger partial charge on any atom is -0.456 e. The van der Waals surface area contributed by atoms with Crippen molar-refractivity contribution in [3.8, 4) is 22.6 Å². The van der Waals surface area contributed by atoms with Crippen LogP contribution in [0.1, 0.15) is 11.1 Å². The van der Waals surface area contributed by atoms with Gasteiger partial charge in [-0.25, -0.2) is 0 Å². The SMILES string of the molecule is O=[N+]([O-])c1ccccc1-c1ccc2c(c1)C=Cc1ccccc1O2. The number of para-hydroxylation sites is 2. The number of hydrogen-bond donors (Lipinski definition) is 0. The smallest absolute Gasteiger partial charge is 0.277 e.